The number of hydrogen-bond acceptors (Lipinski definition) is 22. The molecule has 22 nitrogen and oxygen atoms in total. The van der Waals surface area contributed by atoms with Gasteiger partial charge in [-0.15, -0.1) is 0 Å². The van der Waals surface area contributed by atoms with Crippen LogP contribution in [-0.4, -0.2) is 144 Å². The molecule has 0 saturated carbocycles. The molecule has 0 aliphatic carbocycles. The van der Waals surface area contributed by atoms with Gasteiger partial charge in [0, 0.05) is 12.1 Å². The molecular weight excluding hydrogens is 808 g/mol. The van der Waals surface area contributed by atoms with Crippen LogP contribution in [0.3, 0.4) is 0 Å². The molecule has 8 rings (SSSR count). The highest BCUT2D eigenvalue weighted by molar-refractivity contribution is 6.13. The normalized spacial score (nSPS) is 27.3. The zero-order chi connectivity index (χ0) is 43.5. The third kappa shape index (κ3) is 5.66. The fourth-order valence-electron chi connectivity index (χ4n) is 7.88. The van der Waals surface area contributed by atoms with E-state index in [1.165, 1.54) is 0 Å². The summed E-state index contributed by atoms with van der Waals surface area (Å²) in [7, 11) is 0. The lowest BCUT2D eigenvalue weighted by atomic mass is 9.84. The summed E-state index contributed by atoms with van der Waals surface area (Å²) >= 11 is 0. The summed E-state index contributed by atoms with van der Waals surface area (Å²) in [6.07, 6.45) is -20.6. The first kappa shape index (κ1) is 40.6. The Morgan fingerprint density at radius 2 is 0.783 bits per heavy atom. The van der Waals surface area contributed by atoms with E-state index in [9.17, 15) is 91.3 Å². The van der Waals surface area contributed by atoms with Gasteiger partial charge in [0.2, 0.25) is 10.9 Å². The maximum absolute atomic E-state index is 14.3. The van der Waals surface area contributed by atoms with Gasteiger partial charge in [-0.2, -0.15) is 0 Å². The summed E-state index contributed by atoms with van der Waals surface area (Å²) in [5.41, 5.74) is -9.54. The van der Waals surface area contributed by atoms with Gasteiger partial charge in [0.25, 0.3) is 0 Å². The summed E-state index contributed by atoms with van der Waals surface area (Å²) in [6.45, 7) is -2.04. The van der Waals surface area contributed by atoms with E-state index in [4.69, 9.17) is 18.3 Å². The number of aromatic hydroxyl groups is 8. The number of rotatable bonds is 5. The molecule has 0 amide bonds. The van der Waals surface area contributed by atoms with Gasteiger partial charge in [0.1, 0.15) is 106 Å². The van der Waals surface area contributed by atoms with E-state index in [-0.39, 0.29) is 0 Å². The van der Waals surface area contributed by atoms with Gasteiger partial charge in [-0.1, -0.05) is 0 Å². The highest BCUT2D eigenvalue weighted by atomic mass is 16.6. The molecule has 0 bridgehead atoms. The van der Waals surface area contributed by atoms with Crippen LogP contribution in [0.1, 0.15) is 23.3 Å². The molecule has 2 fully saturated rings. The van der Waals surface area contributed by atoms with Crippen molar-refractivity contribution < 1.29 is 100 Å². The highest BCUT2D eigenvalue weighted by Crippen LogP contribution is 2.57. The van der Waals surface area contributed by atoms with Crippen molar-refractivity contribution in [1.29, 1.82) is 0 Å². The minimum atomic E-state index is -2.29. The van der Waals surface area contributed by atoms with E-state index in [0.29, 0.717) is 0 Å². The van der Waals surface area contributed by atoms with Crippen molar-refractivity contribution in [1.82, 2.24) is 0 Å². The molecule has 2 aromatic heterocycles. The first-order chi connectivity index (χ1) is 28.3. The number of benzene rings is 4. The minimum Gasteiger partial charge on any atom is -0.507 e. The second kappa shape index (κ2) is 14.2. The van der Waals surface area contributed by atoms with Crippen LogP contribution in [0.5, 0.6) is 46.0 Å². The molecule has 16 N–H and O–H groups in total. The van der Waals surface area contributed by atoms with Gasteiger partial charge in [0.15, 0.2) is 34.2 Å². The summed E-state index contributed by atoms with van der Waals surface area (Å²) in [5.74, 6) is -8.60. The zero-order valence-electron chi connectivity index (χ0n) is 30.1. The predicted molar refractivity (Wildman–Crippen MR) is 198 cm³/mol. The Balaban J connectivity index is 1.61. The average molecular weight is 843 g/mol. The van der Waals surface area contributed by atoms with Crippen LogP contribution in [0.2, 0.25) is 0 Å². The molecule has 10 atom stereocenters. The molecule has 4 aromatic carbocycles. The number of phenolic OH excluding ortho intramolecular Hbond substituents is 8. The lowest BCUT2D eigenvalue weighted by Gasteiger charge is -2.41. The average Bonchev–Trinajstić information content (AvgIpc) is 3.20. The van der Waals surface area contributed by atoms with E-state index in [2.05, 4.69) is 0 Å². The molecule has 0 radical (unpaired) electrons. The van der Waals surface area contributed by atoms with Crippen LogP contribution in [0.15, 0.2) is 42.7 Å². The van der Waals surface area contributed by atoms with Crippen molar-refractivity contribution in [2.75, 3.05) is 13.2 Å². The fraction of sp³-hybridized carbons (Fsp3) is 0.316. The summed E-state index contributed by atoms with van der Waals surface area (Å²) < 4.78 is 23.1. The van der Waals surface area contributed by atoms with Crippen molar-refractivity contribution in [3.8, 4) is 57.1 Å². The first-order valence-electron chi connectivity index (χ1n) is 17.8. The summed E-state index contributed by atoms with van der Waals surface area (Å²) in [6, 6.07) is 2.94. The summed E-state index contributed by atoms with van der Waals surface area (Å²) in [4.78, 5) is 28.7. The first-order valence-corrected chi connectivity index (χ1v) is 17.8. The smallest absolute Gasteiger partial charge is 0.204 e. The second-order valence-corrected chi connectivity index (χ2v) is 14.4. The Morgan fingerprint density at radius 3 is 1.12 bits per heavy atom. The third-order valence-electron chi connectivity index (χ3n) is 11.0. The Morgan fingerprint density at radius 1 is 0.450 bits per heavy atom. The Bertz CT molecular complexity index is 2690. The molecule has 2 aliphatic rings. The third-order valence-corrected chi connectivity index (χ3v) is 11.0. The van der Waals surface area contributed by atoms with Crippen LogP contribution in [-0.2, 0) is 9.47 Å². The van der Waals surface area contributed by atoms with Gasteiger partial charge in [-0.05, 0) is 12.1 Å². The van der Waals surface area contributed by atoms with E-state index >= 15 is 0 Å². The van der Waals surface area contributed by atoms with Gasteiger partial charge in [-0.25, -0.2) is 0 Å². The van der Waals surface area contributed by atoms with Crippen molar-refractivity contribution in [2.24, 2.45) is 0 Å². The Kier molecular flexibility index (Phi) is 9.63. The molecular formula is C38H34O22. The number of aliphatic hydroxyl groups is 8. The van der Waals surface area contributed by atoms with Gasteiger partial charge in [0.05, 0.1) is 46.2 Å². The molecule has 4 heterocycles. The van der Waals surface area contributed by atoms with Gasteiger partial charge in [-0.3, -0.25) is 9.59 Å². The monoisotopic (exact) mass is 842 g/mol. The number of hydrogen-bond donors (Lipinski definition) is 16. The van der Waals surface area contributed by atoms with E-state index < -0.39 is 197 Å². The fourth-order valence-corrected chi connectivity index (χ4v) is 7.88. The molecule has 22 heteroatoms. The van der Waals surface area contributed by atoms with Crippen molar-refractivity contribution >= 4 is 43.9 Å². The molecule has 318 valence electrons. The van der Waals surface area contributed by atoms with E-state index in [1.807, 2.05) is 0 Å². The number of phenols is 8. The summed E-state index contributed by atoms with van der Waals surface area (Å²) in [5, 5.41) is 171. The van der Waals surface area contributed by atoms with Crippen molar-refractivity contribution in [2.45, 2.75) is 61.0 Å². The van der Waals surface area contributed by atoms with Crippen LogP contribution < -0.4 is 10.9 Å². The Hall–Kier alpha value is -6.18. The quantitative estimate of drug-likeness (QED) is 0.0697. The molecule has 2 aliphatic heterocycles. The number of ether oxygens (including phenoxy) is 2. The highest BCUT2D eigenvalue weighted by Gasteiger charge is 2.49. The topological polar surface area (TPSA) is 403 Å². The number of fused-ring (bicyclic) bond motifs is 4. The van der Waals surface area contributed by atoms with Crippen LogP contribution >= 0.6 is 0 Å². The molecule has 0 unspecified atom stereocenters. The molecule has 0 spiro atoms. The second-order valence-electron chi connectivity index (χ2n) is 14.4. The number of aliphatic hydroxyl groups excluding tert-OH is 8. The standard InChI is InChI=1S/C38H34O22/c39-5-15-25(47)31(53)33(55)37(59-15)21-27(49)17(35-19(29(21)51)23(45)7-1-9(41)11(43)3-13(7)57-35)18-28(50)22(38-34(56)32(54)26(48)16(6-40)60-38)30(52)20-24(46)8-2-10(42)12(44)4-14(8)58-36(18)20/h1-4,15-16,25-26,31-34,37-44,47-56H,5-6H2/t15-,16-,25-,26-,31+,32+,33-,34-,37+,38+/m1/s1. The Labute approximate surface area is 330 Å². The molecule has 60 heavy (non-hydrogen) atoms. The SMILES string of the molecule is O=c1c2cc(O)c(O)cc2oc2c(-c3c(O)c([C@@H]4O[C@H](CO)[C@@H](O)[C@H](O)[C@H]4O)c(O)c4c(=O)c5cc(O)c(O)cc5oc34)c(O)c([C@@H]3O[C@H](CO)[C@@H](O)[C@H](O)[C@H]3O)c(O)c12. The van der Waals surface area contributed by atoms with Gasteiger partial charge < -0.3 is 100 Å². The van der Waals surface area contributed by atoms with E-state index in [1.54, 1.807) is 0 Å². The van der Waals surface area contributed by atoms with E-state index in [0.717, 1.165) is 24.3 Å². The van der Waals surface area contributed by atoms with Crippen LogP contribution in [0, 0.1) is 0 Å². The van der Waals surface area contributed by atoms with Crippen LogP contribution in [0.25, 0.3) is 55.0 Å². The predicted octanol–water partition coefficient (Wildman–Crippen LogP) is -1.45. The van der Waals surface area contributed by atoms with Crippen LogP contribution in [0.4, 0.5) is 0 Å². The lowest BCUT2D eigenvalue weighted by Crippen LogP contribution is -2.55. The van der Waals surface area contributed by atoms with Gasteiger partial charge >= 0.3 is 0 Å². The largest absolute Gasteiger partial charge is 0.507 e. The lowest BCUT2D eigenvalue weighted by molar-refractivity contribution is -0.232. The maximum Gasteiger partial charge on any atom is 0.204 e. The van der Waals surface area contributed by atoms with Crippen molar-refractivity contribution in [3.05, 3.63) is 55.8 Å². The minimum absolute atomic E-state index is 0.543. The molecule has 6 aromatic rings. The zero-order valence-corrected chi connectivity index (χ0v) is 30.1. The molecule has 2 saturated heterocycles. The maximum atomic E-state index is 14.3. The van der Waals surface area contributed by atoms with Crippen molar-refractivity contribution in [3.63, 3.8) is 0 Å².